The number of anilines is 1. The van der Waals surface area contributed by atoms with Crippen molar-refractivity contribution in [3.05, 3.63) is 70.2 Å². The molecule has 0 saturated heterocycles. The zero-order valence-corrected chi connectivity index (χ0v) is 20.2. The maximum atomic E-state index is 12.7. The summed E-state index contributed by atoms with van der Waals surface area (Å²) in [4.78, 5) is 46.1. The van der Waals surface area contributed by atoms with E-state index in [-0.39, 0.29) is 23.9 Å². The van der Waals surface area contributed by atoms with Crippen molar-refractivity contribution < 1.29 is 24.0 Å². The Kier molecular flexibility index (Phi) is 8.59. The van der Waals surface area contributed by atoms with Crippen LogP contribution in [0.15, 0.2) is 57.9 Å². The molecule has 0 unspecified atom stereocenters. The molecule has 0 saturated carbocycles. The number of pyridine rings is 1. The lowest BCUT2D eigenvalue weighted by Gasteiger charge is -2.19. The molecule has 9 nitrogen and oxygen atoms in total. The zero-order valence-electron chi connectivity index (χ0n) is 20.2. The van der Waals surface area contributed by atoms with Gasteiger partial charge in [-0.05, 0) is 48.1 Å². The van der Waals surface area contributed by atoms with Crippen molar-refractivity contribution in [3.8, 4) is 0 Å². The average Bonchev–Trinajstić information content (AvgIpc) is 2.80. The van der Waals surface area contributed by atoms with Gasteiger partial charge in [0, 0.05) is 25.2 Å². The van der Waals surface area contributed by atoms with Crippen LogP contribution in [0.3, 0.4) is 0 Å². The Labute approximate surface area is 203 Å². The van der Waals surface area contributed by atoms with Crippen molar-refractivity contribution in [3.63, 3.8) is 0 Å². The van der Waals surface area contributed by atoms with Crippen molar-refractivity contribution in [2.45, 2.75) is 40.0 Å². The van der Waals surface area contributed by atoms with Gasteiger partial charge in [0.1, 0.15) is 23.1 Å². The van der Waals surface area contributed by atoms with E-state index in [2.05, 4.69) is 15.8 Å². The summed E-state index contributed by atoms with van der Waals surface area (Å²) in [6.45, 7) is 6.70. The first-order valence-corrected chi connectivity index (χ1v) is 11.5. The van der Waals surface area contributed by atoms with Gasteiger partial charge < -0.3 is 14.8 Å². The Morgan fingerprint density at radius 1 is 1.17 bits per heavy atom. The van der Waals surface area contributed by atoms with Crippen LogP contribution in [0.4, 0.5) is 5.82 Å². The van der Waals surface area contributed by atoms with E-state index in [0.717, 1.165) is 12.2 Å². The molecule has 35 heavy (non-hydrogen) atoms. The molecule has 0 fully saturated rings. The summed E-state index contributed by atoms with van der Waals surface area (Å²) >= 11 is 0. The van der Waals surface area contributed by atoms with Crippen molar-refractivity contribution >= 4 is 28.7 Å². The van der Waals surface area contributed by atoms with Gasteiger partial charge in [0.05, 0.1) is 12.0 Å². The molecule has 0 aliphatic carbocycles. The highest BCUT2D eigenvalue weighted by atomic mass is 16.7. The third-order valence-corrected chi connectivity index (χ3v) is 5.15. The molecule has 1 atom stereocenters. The summed E-state index contributed by atoms with van der Waals surface area (Å²) in [6.07, 6.45) is 2.94. The fourth-order valence-corrected chi connectivity index (χ4v) is 3.37. The number of carboxylic acids is 1. The highest BCUT2D eigenvalue weighted by molar-refractivity contribution is 5.96. The van der Waals surface area contributed by atoms with Crippen LogP contribution in [-0.2, 0) is 27.3 Å². The molecule has 9 heteroatoms. The maximum Gasteiger partial charge on any atom is 0.316 e. The monoisotopic (exact) mass is 481 g/mol. The molecule has 0 bridgehead atoms. The normalized spacial score (nSPS) is 12.3. The number of nitrogens with zero attached hydrogens (tertiary/aromatic N) is 1. The Balaban J connectivity index is 1.63. The third kappa shape index (κ3) is 7.92. The number of carbonyl (C=O) groups excluding carboxylic acids is 1. The number of benzene rings is 1. The Morgan fingerprint density at radius 3 is 2.66 bits per heavy atom. The van der Waals surface area contributed by atoms with Gasteiger partial charge in [-0.15, -0.1) is 0 Å². The van der Waals surface area contributed by atoms with E-state index in [4.69, 9.17) is 9.25 Å². The summed E-state index contributed by atoms with van der Waals surface area (Å²) in [5, 5.41) is 13.1. The van der Waals surface area contributed by atoms with E-state index >= 15 is 0 Å². The van der Waals surface area contributed by atoms with Crippen LogP contribution in [0.25, 0.3) is 11.0 Å². The zero-order chi connectivity index (χ0) is 25.4. The van der Waals surface area contributed by atoms with Crippen LogP contribution in [0.1, 0.15) is 38.5 Å². The first kappa shape index (κ1) is 25.9. The van der Waals surface area contributed by atoms with E-state index in [9.17, 15) is 19.5 Å². The Bertz CT molecular complexity index is 1220. The number of nitrogens with one attached hydrogen (secondary N) is 2. The molecule has 1 aromatic carbocycles. The Morgan fingerprint density at radius 2 is 1.97 bits per heavy atom. The second kappa shape index (κ2) is 11.6. The van der Waals surface area contributed by atoms with Crippen LogP contribution in [0.5, 0.6) is 0 Å². The number of fused-ring (bicyclic) bond motifs is 1. The lowest BCUT2D eigenvalue weighted by atomic mass is 9.97. The lowest BCUT2D eigenvalue weighted by Crippen LogP contribution is -2.38. The summed E-state index contributed by atoms with van der Waals surface area (Å²) in [5.41, 5.74) is 2.77. The minimum absolute atomic E-state index is 0.0869. The summed E-state index contributed by atoms with van der Waals surface area (Å²) in [6, 6.07) is 12.0. The van der Waals surface area contributed by atoms with Crippen LogP contribution in [-0.4, -0.2) is 35.1 Å². The molecule has 0 aliphatic rings. The standard InChI is InChI=1S/C26H31N3O6/c1-26(2,3)16-34-29-24(31)20(25(32)33)14-17-9-10-22-19(13-17)21(30)15-18(35-22)7-6-12-28-23-8-4-5-11-27-23/h4-5,8-11,13,15,20H,6-7,12,14,16H2,1-3H3,(H,27,28)(H,29,31)(H,32,33)/t20-/m0/s1. The SMILES string of the molecule is CC(C)(C)CONC(=O)[C@H](Cc1ccc2oc(CCCNc3ccccn3)cc(=O)c2c1)C(=O)O. The first-order valence-electron chi connectivity index (χ1n) is 11.5. The van der Waals surface area contributed by atoms with Gasteiger partial charge in [0.15, 0.2) is 5.43 Å². The molecule has 0 radical (unpaired) electrons. The average molecular weight is 482 g/mol. The van der Waals surface area contributed by atoms with Crippen LogP contribution in [0.2, 0.25) is 0 Å². The van der Waals surface area contributed by atoms with E-state index in [0.29, 0.717) is 35.3 Å². The number of carboxylic acid groups (broad SMARTS) is 1. The molecule has 3 N–H and O–H groups in total. The van der Waals surface area contributed by atoms with Crippen molar-refractivity contribution in [1.29, 1.82) is 0 Å². The fourth-order valence-electron chi connectivity index (χ4n) is 3.37. The van der Waals surface area contributed by atoms with Crippen molar-refractivity contribution in [1.82, 2.24) is 10.5 Å². The third-order valence-electron chi connectivity index (χ3n) is 5.15. The molecule has 3 rings (SSSR count). The lowest BCUT2D eigenvalue weighted by molar-refractivity contribution is -0.153. The molecule has 1 amide bonds. The summed E-state index contributed by atoms with van der Waals surface area (Å²) < 4.78 is 5.88. The molecular formula is C26H31N3O6. The number of hydroxylamine groups is 1. The van der Waals surface area contributed by atoms with Gasteiger partial charge in [-0.2, -0.15) is 0 Å². The van der Waals surface area contributed by atoms with Crippen LogP contribution < -0.4 is 16.2 Å². The smallest absolute Gasteiger partial charge is 0.316 e. The fraction of sp³-hybridized carbons (Fsp3) is 0.385. The highest BCUT2D eigenvalue weighted by Gasteiger charge is 2.27. The predicted octanol–water partition coefficient (Wildman–Crippen LogP) is 3.57. The van der Waals surface area contributed by atoms with E-state index in [1.807, 2.05) is 39.0 Å². The van der Waals surface area contributed by atoms with Gasteiger partial charge >= 0.3 is 5.97 Å². The number of rotatable bonds is 11. The topological polar surface area (TPSA) is 131 Å². The number of amides is 1. The van der Waals surface area contributed by atoms with Crippen LogP contribution >= 0.6 is 0 Å². The molecule has 0 aliphatic heterocycles. The number of aromatic nitrogens is 1. The number of hydrogen-bond donors (Lipinski definition) is 3. The van der Waals surface area contributed by atoms with Crippen molar-refractivity contribution in [2.75, 3.05) is 18.5 Å². The summed E-state index contributed by atoms with van der Waals surface area (Å²) in [5.74, 6) is -2.02. The molecule has 2 aromatic heterocycles. The Hall–Kier alpha value is -3.72. The van der Waals surface area contributed by atoms with Gasteiger partial charge in [-0.1, -0.05) is 32.9 Å². The molecule has 186 valence electrons. The molecule has 2 heterocycles. The van der Waals surface area contributed by atoms with Gasteiger partial charge in [-0.3, -0.25) is 19.2 Å². The number of hydrogen-bond acceptors (Lipinski definition) is 7. The number of aryl methyl sites for hydroxylation is 1. The molecule has 3 aromatic rings. The van der Waals surface area contributed by atoms with E-state index in [1.165, 1.54) is 6.07 Å². The quantitative estimate of drug-likeness (QED) is 0.215. The summed E-state index contributed by atoms with van der Waals surface area (Å²) in [7, 11) is 0. The van der Waals surface area contributed by atoms with Gasteiger partial charge in [0.25, 0.3) is 5.91 Å². The second-order valence-corrected chi connectivity index (χ2v) is 9.56. The highest BCUT2D eigenvalue weighted by Crippen LogP contribution is 2.19. The van der Waals surface area contributed by atoms with Crippen LogP contribution in [0, 0.1) is 11.3 Å². The van der Waals surface area contributed by atoms with E-state index < -0.39 is 17.8 Å². The van der Waals surface area contributed by atoms with Crippen molar-refractivity contribution in [2.24, 2.45) is 11.3 Å². The van der Waals surface area contributed by atoms with Gasteiger partial charge in [0.2, 0.25) is 0 Å². The maximum absolute atomic E-state index is 12.7. The molecular weight excluding hydrogens is 450 g/mol. The largest absolute Gasteiger partial charge is 0.481 e. The second-order valence-electron chi connectivity index (χ2n) is 9.56. The minimum Gasteiger partial charge on any atom is -0.481 e. The number of aliphatic carboxylic acids is 1. The minimum atomic E-state index is -1.36. The predicted molar refractivity (Wildman–Crippen MR) is 132 cm³/mol. The first-order chi connectivity index (χ1) is 16.6. The molecule has 0 spiro atoms. The van der Waals surface area contributed by atoms with E-state index in [1.54, 1.807) is 24.4 Å². The number of carbonyl (C=O) groups is 2. The van der Waals surface area contributed by atoms with Gasteiger partial charge in [-0.25, -0.2) is 10.5 Å².